The van der Waals surface area contributed by atoms with Crippen LogP contribution in [-0.4, -0.2) is 22.8 Å². The fraction of sp³-hybridized carbons (Fsp3) is 0.529. The third-order valence-electron chi connectivity index (χ3n) is 4.31. The van der Waals surface area contributed by atoms with Gasteiger partial charge in [-0.2, -0.15) is 0 Å². The molecule has 1 aliphatic carbocycles. The third kappa shape index (κ3) is 3.64. The van der Waals surface area contributed by atoms with Crippen molar-refractivity contribution in [2.45, 2.75) is 44.4 Å². The Labute approximate surface area is 146 Å². The predicted octanol–water partition coefficient (Wildman–Crippen LogP) is 3.88. The van der Waals surface area contributed by atoms with Crippen molar-refractivity contribution in [3.8, 4) is 0 Å². The summed E-state index contributed by atoms with van der Waals surface area (Å²) in [6, 6.07) is 5.92. The van der Waals surface area contributed by atoms with Gasteiger partial charge in [0.05, 0.1) is 0 Å². The van der Waals surface area contributed by atoms with Gasteiger partial charge in [0.1, 0.15) is 9.75 Å². The smallest absolute Gasteiger partial charge is 0.315 e. The van der Waals surface area contributed by atoms with E-state index in [4.69, 9.17) is 27.9 Å². The van der Waals surface area contributed by atoms with Gasteiger partial charge in [-0.25, -0.2) is 0 Å². The number of alkyl halides is 2. The molecular formula is C17H21Cl2NO3. The monoisotopic (exact) mass is 357 g/mol. The fourth-order valence-electron chi connectivity index (χ4n) is 2.49. The second-order valence-electron chi connectivity index (χ2n) is 6.00. The largest absolute Gasteiger partial charge is 0.455 e. The van der Waals surface area contributed by atoms with Crippen LogP contribution in [0.5, 0.6) is 0 Å². The number of ether oxygens (including phenoxy) is 1. The summed E-state index contributed by atoms with van der Waals surface area (Å²) in [5.41, 5.74) is 1.99. The summed E-state index contributed by atoms with van der Waals surface area (Å²) in [6.07, 6.45) is 1.95. The van der Waals surface area contributed by atoms with E-state index in [0.717, 1.165) is 29.7 Å². The number of amides is 1. The molecule has 4 nitrogen and oxygen atoms in total. The van der Waals surface area contributed by atoms with Crippen LogP contribution in [0.25, 0.3) is 0 Å². The second kappa shape index (κ2) is 6.70. The number of rotatable bonds is 6. The minimum absolute atomic E-state index is 0.336. The molecule has 0 aliphatic heterocycles. The molecule has 0 aromatic heterocycles. The average Bonchev–Trinajstić information content (AvgIpc) is 3.04. The molecule has 0 heterocycles. The van der Waals surface area contributed by atoms with E-state index in [1.165, 1.54) is 0 Å². The van der Waals surface area contributed by atoms with Crippen molar-refractivity contribution in [1.82, 2.24) is 0 Å². The Morgan fingerprint density at radius 1 is 1.22 bits per heavy atom. The van der Waals surface area contributed by atoms with Crippen LogP contribution in [0.4, 0.5) is 5.69 Å². The summed E-state index contributed by atoms with van der Waals surface area (Å²) < 4.78 is 3.97. The van der Waals surface area contributed by atoms with E-state index in [1.54, 1.807) is 6.92 Å². The van der Waals surface area contributed by atoms with Gasteiger partial charge >= 0.3 is 5.97 Å². The number of anilines is 1. The van der Waals surface area contributed by atoms with Crippen LogP contribution in [0.2, 0.25) is 0 Å². The van der Waals surface area contributed by atoms with Crippen LogP contribution in [0.15, 0.2) is 18.2 Å². The summed E-state index contributed by atoms with van der Waals surface area (Å²) in [7, 11) is 0. The lowest BCUT2D eigenvalue weighted by molar-refractivity contribution is -0.152. The Balaban J connectivity index is 1.97. The highest BCUT2D eigenvalue weighted by Gasteiger charge is 2.69. The quantitative estimate of drug-likeness (QED) is 0.620. The van der Waals surface area contributed by atoms with Crippen LogP contribution < -0.4 is 5.32 Å². The van der Waals surface area contributed by atoms with Crippen molar-refractivity contribution in [2.75, 3.05) is 11.9 Å². The third-order valence-corrected chi connectivity index (χ3v) is 5.41. The SMILES string of the molecule is CCc1cccc(CC)c1NC(=O)COC(=O)[C@]1(C)CC1(Cl)Cl. The van der Waals surface area contributed by atoms with Gasteiger partial charge in [0, 0.05) is 12.1 Å². The molecule has 0 unspecified atom stereocenters. The minimum Gasteiger partial charge on any atom is -0.455 e. The molecule has 1 aromatic carbocycles. The number of hydrogen-bond donors (Lipinski definition) is 1. The Morgan fingerprint density at radius 2 is 1.74 bits per heavy atom. The van der Waals surface area contributed by atoms with Crippen molar-refractivity contribution in [3.63, 3.8) is 0 Å². The van der Waals surface area contributed by atoms with E-state index in [9.17, 15) is 9.59 Å². The van der Waals surface area contributed by atoms with E-state index < -0.39 is 15.7 Å². The van der Waals surface area contributed by atoms with Crippen molar-refractivity contribution < 1.29 is 14.3 Å². The number of carbonyl (C=O) groups is 2. The highest BCUT2D eigenvalue weighted by atomic mass is 35.5. The molecule has 0 spiro atoms. The van der Waals surface area contributed by atoms with Crippen LogP contribution >= 0.6 is 23.2 Å². The maximum atomic E-state index is 12.1. The maximum absolute atomic E-state index is 12.1. The molecular weight excluding hydrogens is 337 g/mol. The molecule has 1 aromatic rings. The zero-order valence-corrected chi connectivity index (χ0v) is 15.1. The van der Waals surface area contributed by atoms with Gasteiger partial charge in [0.2, 0.25) is 0 Å². The van der Waals surface area contributed by atoms with E-state index >= 15 is 0 Å². The molecule has 126 valence electrons. The molecule has 1 saturated carbocycles. The zero-order valence-electron chi connectivity index (χ0n) is 13.5. The number of esters is 1. The van der Waals surface area contributed by atoms with E-state index in [-0.39, 0.29) is 12.5 Å². The molecule has 6 heteroatoms. The van der Waals surface area contributed by atoms with Gasteiger partial charge < -0.3 is 10.1 Å². The van der Waals surface area contributed by atoms with Crippen molar-refractivity contribution >= 4 is 40.8 Å². The number of benzene rings is 1. The number of carbonyl (C=O) groups excluding carboxylic acids is 2. The first-order chi connectivity index (χ1) is 10.7. The summed E-state index contributed by atoms with van der Waals surface area (Å²) in [5, 5.41) is 2.85. The fourth-order valence-corrected chi connectivity index (χ4v) is 3.18. The van der Waals surface area contributed by atoms with Crippen LogP contribution in [-0.2, 0) is 27.2 Å². The molecule has 1 amide bonds. The molecule has 1 fully saturated rings. The first-order valence-corrected chi connectivity index (χ1v) is 8.46. The van der Waals surface area contributed by atoms with E-state index in [2.05, 4.69) is 5.32 Å². The highest BCUT2D eigenvalue weighted by Crippen LogP contribution is 2.64. The summed E-state index contributed by atoms with van der Waals surface area (Å²) in [4.78, 5) is 24.1. The number of para-hydroxylation sites is 1. The molecule has 0 saturated heterocycles. The average molecular weight is 358 g/mol. The lowest BCUT2D eigenvalue weighted by Gasteiger charge is -2.15. The Morgan fingerprint density at radius 3 is 2.17 bits per heavy atom. The number of halogens is 2. The summed E-state index contributed by atoms with van der Waals surface area (Å²) >= 11 is 11.9. The highest BCUT2D eigenvalue weighted by molar-refractivity contribution is 6.53. The van der Waals surface area contributed by atoms with Crippen molar-refractivity contribution in [3.05, 3.63) is 29.3 Å². The van der Waals surface area contributed by atoms with Gasteiger partial charge in [0.15, 0.2) is 6.61 Å². The van der Waals surface area contributed by atoms with E-state index in [1.807, 2.05) is 32.0 Å². The number of hydrogen-bond acceptors (Lipinski definition) is 3. The summed E-state index contributed by atoms with van der Waals surface area (Å²) in [6.45, 7) is 5.34. The van der Waals surface area contributed by atoms with Crippen molar-refractivity contribution in [2.24, 2.45) is 5.41 Å². The predicted molar refractivity (Wildman–Crippen MR) is 91.9 cm³/mol. The van der Waals surface area contributed by atoms with Gasteiger partial charge in [-0.15, -0.1) is 23.2 Å². The maximum Gasteiger partial charge on any atom is 0.315 e. The van der Waals surface area contributed by atoms with Crippen LogP contribution in [0.3, 0.4) is 0 Å². The molecule has 1 aliphatic rings. The molecule has 23 heavy (non-hydrogen) atoms. The van der Waals surface area contributed by atoms with E-state index in [0.29, 0.717) is 6.42 Å². The summed E-state index contributed by atoms with van der Waals surface area (Å²) in [5.74, 6) is -0.912. The number of aryl methyl sites for hydroxylation is 2. The first kappa shape index (κ1) is 18.1. The van der Waals surface area contributed by atoms with Crippen molar-refractivity contribution in [1.29, 1.82) is 0 Å². The zero-order chi connectivity index (χ0) is 17.3. The Hall–Kier alpha value is -1.26. The number of nitrogens with one attached hydrogen (secondary N) is 1. The molecule has 1 atom stereocenters. The van der Waals surface area contributed by atoms with Gasteiger partial charge in [-0.1, -0.05) is 32.0 Å². The molecule has 1 N–H and O–H groups in total. The van der Waals surface area contributed by atoms with Gasteiger partial charge in [-0.05, 0) is 30.9 Å². The van der Waals surface area contributed by atoms with Crippen LogP contribution in [0, 0.1) is 5.41 Å². The topological polar surface area (TPSA) is 55.4 Å². The van der Waals surface area contributed by atoms with Gasteiger partial charge in [0.25, 0.3) is 5.91 Å². The standard InChI is InChI=1S/C17H21Cl2NO3/c1-4-11-7-6-8-12(5-2)14(11)20-13(21)9-23-15(22)16(3)10-17(16,18)19/h6-8H,4-5,9-10H2,1-3H3,(H,20,21)/t16-/m0/s1. The normalized spacial score (nSPS) is 21.6. The molecule has 2 rings (SSSR count). The Bertz CT molecular complexity index is 608. The lowest BCUT2D eigenvalue weighted by atomic mass is 10.0. The molecule has 0 bridgehead atoms. The lowest BCUT2D eigenvalue weighted by Crippen LogP contribution is -2.27. The molecule has 0 radical (unpaired) electrons. The first-order valence-electron chi connectivity index (χ1n) is 7.71. The second-order valence-corrected chi connectivity index (χ2v) is 7.48. The van der Waals surface area contributed by atoms with Crippen LogP contribution in [0.1, 0.15) is 38.3 Å². The van der Waals surface area contributed by atoms with Gasteiger partial charge in [-0.3, -0.25) is 9.59 Å². The Kier molecular flexibility index (Phi) is 5.27. The minimum atomic E-state index is -1.09.